The summed E-state index contributed by atoms with van der Waals surface area (Å²) in [6.45, 7) is 2.28. The van der Waals surface area contributed by atoms with Gasteiger partial charge in [0.15, 0.2) is 5.15 Å². The van der Waals surface area contributed by atoms with Crippen LogP contribution in [0.15, 0.2) is 12.3 Å². The summed E-state index contributed by atoms with van der Waals surface area (Å²) in [5.41, 5.74) is 6.73. The highest BCUT2D eigenvalue weighted by Crippen LogP contribution is 2.45. The number of carbonyl (C=O) groups excluding carboxylic acids is 1. The van der Waals surface area contributed by atoms with Gasteiger partial charge < -0.3 is 11.1 Å². The molecule has 4 nitrogen and oxygen atoms in total. The largest absolute Gasteiger partial charge is 0.329 e. The van der Waals surface area contributed by atoms with Crippen LogP contribution in [0.4, 0.5) is 5.69 Å². The topological polar surface area (TPSA) is 68.0 Å². The first-order chi connectivity index (χ1) is 7.57. The van der Waals surface area contributed by atoms with Crippen LogP contribution in [0.5, 0.6) is 0 Å². The summed E-state index contributed by atoms with van der Waals surface area (Å²) in [7, 11) is 0. The van der Waals surface area contributed by atoms with Crippen molar-refractivity contribution in [3.8, 4) is 0 Å². The fourth-order valence-corrected chi connectivity index (χ4v) is 1.72. The number of rotatable bonds is 3. The molecule has 0 atom stereocenters. The van der Waals surface area contributed by atoms with E-state index in [1.54, 1.807) is 12.3 Å². The molecule has 0 unspecified atom stereocenters. The molecule has 1 aliphatic rings. The van der Waals surface area contributed by atoms with Crippen molar-refractivity contribution in [1.82, 2.24) is 4.98 Å². The van der Waals surface area contributed by atoms with Crippen LogP contribution in [-0.4, -0.2) is 17.4 Å². The lowest BCUT2D eigenvalue weighted by Crippen LogP contribution is -2.31. The molecule has 0 saturated heterocycles. The first-order valence-electron chi connectivity index (χ1n) is 5.21. The second-order valence-electron chi connectivity index (χ2n) is 4.29. The van der Waals surface area contributed by atoms with Gasteiger partial charge in [-0.25, -0.2) is 4.98 Å². The first-order valence-corrected chi connectivity index (χ1v) is 5.59. The first kappa shape index (κ1) is 11.4. The molecule has 1 saturated carbocycles. The number of anilines is 1. The third-order valence-corrected chi connectivity index (χ3v) is 3.25. The van der Waals surface area contributed by atoms with Crippen molar-refractivity contribution in [2.24, 2.45) is 11.1 Å². The van der Waals surface area contributed by atoms with E-state index in [0.29, 0.717) is 17.4 Å². The van der Waals surface area contributed by atoms with E-state index in [1.165, 1.54) is 0 Å². The van der Waals surface area contributed by atoms with Crippen LogP contribution in [0.2, 0.25) is 5.15 Å². The van der Waals surface area contributed by atoms with Gasteiger partial charge in [-0.05, 0) is 31.4 Å². The second-order valence-corrected chi connectivity index (χ2v) is 4.65. The average Bonchev–Trinajstić information content (AvgIpc) is 3.04. The van der Waals surface area contributed by atoms with E-state index in [-0.39, 0.29) is 11.3 Å². The number of hydrogen-bond donors (Lipinski definition) is 2. The fraction of sp³-hybridized carbons (Fsp3) is 0.455. The van der Waals surface area contributed by atoms with Crippen LogP contribution in [0.25, 0.3) is 0 Å². The standard InChI is InChI=1S/C11H14ClN3O/c1-7-4-8(9(12)14-5-7)15-10(16)11(6-13)2-3-11/h4-5H,2-3,6,13H2,1H3,(H,15,16). The van der Waals surface area contributed by atoms with Gasteiger partial charge in [-0.15, -0.1) is 0 Å². The van der Waals surface area contributed by atoms with E-state index in [9.17, 15) is 4.79 Å². The van der Waals surface area contributed by atoms with Gasteiger partial charge in [0.1, 0.15) is 0 Å². The van der Waals surface area contributed by atoms with E-state index >= 15 is 0 Å². The van der Waals surface area contributed by atoms with Gasteiger partial charge in [0.05, 0.1) is 11.1 Å². The van der Waals surface area contributed by atoms with Gasteiger partial charge in [0.2, 0.25) is 5.91 Å². The van der Waals surface area contributed by atoms with Crippen molar-refractivity contribution in [3.63, 3.8) is 0 Å². The van der Waals surface area contributed by atoms with Gasteiger partial charge in [0.25, 0.3) is 0 Å². The van der Waals surface area contributed by atoms with Crippen LogP contribution < -0.4 is 11.1 Å². The second kappa shape index (κ2) is 4.03. The molecule has 3 N–H and O–H groups in total. The van der Waals surface area contributed by atoms with E-state index in [1.807, 2.05) is 6.92 Å². The summed E-state index contributed by atoms with van der Waals surface area (Å²) in [5, 5.41) is 3.10. The summed E-state index contributed by atoms with van der Waals surface area (Å²) in [6, 6.07) is 1.81. The molecule has 1 fully saturated rings. The van der Waals surface area contributed by atoms with E-state index in [2.05, 4.69) is 10.3 Å². The maximum atomic E-state index is 11.9. The summed E-state index contributed by atoms with van der Waals surface area (Å²) in [5.74, 6) is -0.0516. The highest BCUT2D eigenvalue weighted by atomic mass is 35.5. The predicted octanol–water partition coefficient (Wildman–Crippen LogP) is 1.72. The van der Waals surface area contributed by atoms with Gasteiger partial charge in [-0.2, -0.15) is 0 Å². The Morgan fingerprint density at radius 2 is 2.38 bits per heavy atom. The Labute approximate surface area is 99.2 Å². The summed E-state index contributed by atoms with van der Waals surface area (Å²) >= 11 is 5.90. The Bertz CT molecular complexity index is 429. The average molecular weight is 240 g/mol. The Morgan fingerprint density at radius 1 is 1.69 bits per heavy atom. The van der Waals surface area contributed by atoms with Crippen molar-refractivity contribution in [3.05, 3.63) is 23.0 Å². The molecule has 0 radical (unpaired) electrons. The minimum atomic E-state index is -0.368. The molecule has 1 heterocycles. The molecule has 86 valence electrons. The number of hydrogen-bond acceptors (Lipinski definition) is 3. The number of nitrogens with one attached hydrogen (secondary N) is 1. The number of nitrogens with two attached hydrogens (primary N) is 1. The summed E-state index contributed by atoms with van der Waals surface area (Å²) in [6.07, 6.45) is 3.37. The number of nitrogens with zero attached hydrogens (tertiary/aromatic N) is 1. The molecule has 16 heavy (non-hydrogen) atoms. The molecule has 2 rings (SSSR count). The Hall–Kier alpha value is -1.13. The number of aromatic nitrogens is 1. The minimum absolute atomic E-state index is 0.0516. The van der Waals surface area contributed by atoms with Gasteiger partial charge in [0, 0.05) is 12.7 Å². The number of amides is 1. The van der Waals surface area contributed by atoms with Crippen LogP contribution in [-0.2, 0) is 4.79 Å². The molecule has 0 aromatic carbocycles. The van der Waals surface area contributed by atoms with Crippen molar-refractivity contribution in [2.75, 3.05) is 11.9 Å². The SMILES string of the molecule is Cc1cnc(Cl)c(NC(=O)C2(CN)CC2)c1. The number of carbonyl (C=O) groups is 1. The van der Waals surface area contributed by atoms with E-state index in [0.717, 1.165) is 18.4 Å². The van der Waals surface area contributed by atoms with Gasteiger partial charge >= 0.3 is 0 Å². The predicted molar refractivity (Wildman–Crippen MR) is 63.3 cm³/mol. The van der Waals surface area contributed by atoms with Crippen molar-refractivity contribution in [2.45, 2.75) is 19.8 Å². The van der Waals surface area contributed by atoms with Crippen LogP contribution in [0.1, 0.15) is 18.4 Å². The molecule has 0 bridgehead atoms. The minimum Gasteiger partial charge on any atom is -0.329 e. The number of pyridine rings is 1. The molecule has 1 aliphatic carbocycles. The molecule has 0 spiro atoms. The monoisotopic (exact) mass is 239 g/mol. The van der Waals surface area contributed by atoms with Gasteiger partial charge in [-0.1, -0.05) is 11.6 Å². The van der Waals surface area contributed by atoms with Crippen LogP contribution in [0.3, 0.4) is 0 Å². The highest BCUT2D eigenvalue weighted by Gasteiger charge is 2.48. The molecule has 5 heteroatoms. The summed E-state index contributed by atoms with van der Waals surface area (Å²) < 4.78 is 0. The zero-order valence-electron chi connectivity index (χ0n) is 9.09. The Balaban J connectivity index is 2.15. The maximum Gasteiger partial charge on any atom is 0.231 e. The molecule has 1 amide bonds. The lowest BCUT2D eigenvalue weighted by atomic mass is 10.1. The van der Waals surface area contributed by atoms with Crippen molar-refractivity contribution < 1.29 is 4.79 Å². The molecular formula is C11H14ClN3O. The molecule has 0 aliphatic heterocycles. The van der Waals surface area contributed by atoms with Crippen LogP contribution in [0, 0.1) is 12.3 Å². The normalized spacial score (nSPS) is 16.9. The smallest absolute Gasteiger partial charge is 0.231 e. The maximum absolute atomic E-state index is 11.9. The van der Waals surface area contributed by atoms with Crippen LogP contribution >= 0.6 is 11.6 Å². The molecular weight excluding hydrogens is 226 g/mol. The fourth-order valence-electron chi connectivity index (χ4n) is 1.57. The Kier molecular flexibility index (Phi) is 2.86. The van der Waals surface area contributed by atoms with E-state index < -0.39 is 0 Å². The van der Waals surface area contributed by atoms with Crippen molar-refractivity contribution in [1.29, 1.82) is 0 Å². The lowest BCUT2D eigenvalue weighted by Gasteiger charge is -2.13. The number of halogens is 1. The third kappa shape index (κ3) is 2.03. The third-order valence-electron chi connectivity index (χ3n) is 2.95. The lowest BCUT2D eigenvalue weighted by molar-refractivity contribution is -0.120. The highest BCUT2D eigenvalue weighted by molar-refractivity contribution is 6.32. The van der Waals surface area contributed by atoms with Crippen molar-refractivity contribution >= 4 is 23.2 Å². The zero-order valence-corrected chi connectivity index (χ0v) is 9.84. The quantitative estimate of drug-likeness (QED) is 0.790. The van der Waals surface area contributed by atoms with Gasteiger partial charge in [-0.3, -0.25) is 4.79 Å². The Morgan fingerprint density at radius 3 is 2.94 bits per heavy atom. The zero-order chi connectivity index (χ0) is 11.8. The van der Waals surface area contributed by atoms with E-state index in [4.69, 9.17) is 17.3 Å². The number of aryl methyl sites for hydroxylation is 1. The molecule has 1 aromatic rings. The summed E-state index contributed by atoms with van der Waals surface area (Å²) in [4.78, 5) is 15.9. The molecule has 1 aromatic heterocycles.